The number of carbonyl (C=O) groups is 2. The van der Waals surface area contributed by atoms with Gasteiger partial charge in [-0.3, -0.25) is 4.55 Å². The maximum atomic E-state index is 11.5. The second-order valence-electron chi connectivity index (χ2n) is 5.19. The Bertz CT molecular complexity index is 488. The normalized spacial score (nSPS) is 12.5. The Balaban J connectivity index is 0. The minimum Gasteiger partial charge on any atom is -0.462 e. The Morgan fingerprint density at radius 1 is 1.08 bits per heavy atom. The van der Waals surface area contributed by atoms with Gasteiger partial charge in [0.1, 0.15) is 0 Å². The van der Waals surface area contributed by atoms with Gasteiger partial charge in [-0.2, -0.15) is 8.42 Å². The summed E-state index contributed by atoms with van der Waals surface area (Å²) < 4.78 is 39.1. The topological polar surface area (TPSA) is 107 Å². The molecule has 0 aromatic carbocycles. The van der Waals surface area contributed by atoms with Gasteiger partial charge in [-0.1, -0.05) is 33.1 Å². The molecule has 0 fully saturated rings. The van der Waals surface area contributed by atoms with E-state index in [4.69, 9.17) is 9.29 Å². The first-order chi connectivity index (χ1) is 10.8. The molecule has 7 nitrogen and oxygen atoms in total. The number of ether oxygens (including phenoxy) is 2. The van der Waals surface area contributed by atoms with Crippen molar-refractivity contribution in [3.8, 4) is 0 Å². The quantitative estimate of drug-likeness (QED) is 0.182. The summed E-state index contributed by atoms with van der Waals surface area (Å²) >= 11 is 0. The van der Waals surface area contributed by atoms with Crippen molar-refractivity contribution in [1.29, 1.82) is 0 Å². The minimum absolute atomic E-state index is 0. The molecule has 135 valence electrons. The Morgan fingerprint density at radius 2 is 1.67 bits per heavy atom. The summed E-state index contributed by atoms with van der Waals surface area (Å²) in [4.78, 5) is 22.8. The van der Waals surface area contributed by atoms with E-state index in [0.29, 0.717) is 12.5 Å². The van der Waals surface area contributed by atoms with E-state index in [1.54, 1.807) is 0 Å². The summed E-state index contributed by atoms with van der Waals surface area (Å²) in [6.45, 7) is 4.30. The van der Waals surface area contributed by atoms with E-state index in [1.807, 2.05) is 6.92 Å². The number of rotatable bonds is 12. The third kappa shape index (κ3) is 16.4. The van der Waals surface area contributed by atoms with Crippen LogP contribution in [0.4, 0.5) is 0 Å². The van der Waals surface area contributed by atoms with Crippen molar-refractivity contribution in [3.05, 3.63) is 12.2 Å². The largest absolute Gasteiger partial charge is 0.462 e. The number of hydrogen-bond donors (Lipinski definition) is 1. The first kappa shape index (κ1) is 25.8. The van der Waals surface area contributed by atoms with E-state index in [9.17, 15) is 18.0 Å². The molecule has 0 saturated heterocycles. The zero-order chi connectivity index (χ0) is 17.7. The van der Waals surface area contributed by atoms with Crippen molar-refractivity contribution < 1.29 is 32.0 Å². The zero-order valence-electron chi connectivity index (χ0n) is 14.7. The van der Waals surface area contributed by atoms with Gasteiger partial charge in [0, 0.05) is 41.7 Å². The molecule has 0 aliphatic carbocycles. The predicted molar refractivity (Wildman–Crippen MR) is 91.2 cm³/mol. The first-order valence-electron chi connectivity index (χ1n) is 7.75. The Labute approximate surface area is 166 Å². The van der Waals surface area contributed by atoms with E-state index < -0.39 is 27.8 Å². The third-order valence-electron chi connectivity index (χ3n) is 3.15. The summed E-state index contributed by atoms with van der Waals surface area (Å²) in [5.74, 6) is -1.55. The second kappa shape index (κ2) is 14.9. The molecule has 0 saturated carbocycles. The predicted octanol–water partition coefficient (Wildman–Crippen LogP) is 1.74. The molecule has 0 heterocycles. The van der Waals surface area contributed by atoms with Crippen molar-refractivity contribution in [2.45, 2.75) is 46.0 Å². The standard InChI is InChI=1S/C15H26O7S.Na/c1-3-5-7-13(4-2)12-22-15(17)9-8-14(16)21-10-6-11-23(18,19)20;/h8-9,13H,3-7,10-12H2,1-2H3,(H,18,19,20);. The van der Waals surface area contributed by atoms with E-state index in [2.05, 4.69) is 11.7 Å². The first-order valence-corrected chi connectivity index (χ1v) is 9.36. The SMILES string of the molecule is CCCCC(CC)COC(=O)C=CC(=O)OCCCS(=O)(=O)O.[Na]. The van der Waals surface area contributed by atoms with Crippen molar-refractivity contribution in [2.75, 3.05) is 19.0 Å². The molecule has 0 amide bonds. The Hall–Kier alpha value is -0.410. The van der Waals surface area contributed by atoms with Crippen LogP contribution in [0.5, 0.6) is 0 Å². The molecule has 24 heavy (non-hydrogen) atoms. The van der Waals surface area contributed by atoms with Gasteiger partial charge in [0.2, 0.25) is 0 Å². The van der Waals surface area contributed by atoms with Crippen molar-refractivity contribution in [2.24, 2.45) is 5.92 Å². The number of carbonyl (C=O) groups excluding carboxylic acids is 2. The molecule has 0 aliphatic heterocycles. The molecule has 1 atom stereocenters. The maximum Gasteiger partial charge on any atom is 0.331 e. The fourth-order valence-electron chi connectivity index (χ4n) is 1.74. The number of esters is 2. The van der Waals surface area contributed by atoms with Gasteiger partial charge in [-0.05, 0) is 18.8 Å². The van der Waals surface area contributed by atoms with E-state index in [-0.39, 0.29) is 42.6 Å². The Morgan fingerprint density at radius 3 is 2.17 bits per heavy atom. The summed E-state index contributed by atoms with van der Waals surface area (Å²) in [5.41, 5.74) is 0. The van der Waals surface area contributed by atoms with Crippen molar-refractivity contribution in [3.63, 3.8) is 0 Å². The van der Waals surface area contributed by atoms with Crippen LogP contribution in [-0.4, -0.2) is 73.4 Å². The summed E-state index contributed by atoms with van der Waals surface area (Å²) in [6, 6.07) is 0. The smallest absolute Gasteiger partial charge is 0.331 e. The molecule has 0 spiro atoms. The monoisotopic (exact) mass is 373 g/mol. The summed E-state index contributed by atoms with van der Waals surface area (Å²) in [6.07, 6.45) is 6.00. The van der Waals surface area contributed by atoms with Crippen molar-refractivity contribution >= 4 is 51.6 Å². The fourth-order valence-corrected chi connectivity index (χ4v) is 2.23. The molecule has 0 rings (SSSR count). The van der Waals surface area contributed by atoms with Gasteiger partial charge in [-0.15, -0.1) is 0 Å². The van der Waals surface area contributed by atoms with Gasteiger partial charge >= 0.3 is 11.9 Å². The van der Waals surface area contributed by atoms with Crippen LogP contribution in [0.2, 0.25) is 0 Å². The second-order valence-corrected chi connectivity index (χ2v) is 6.76. The van der Waals surface area contributed by atoms with Crippen LogP contribution in [0.3, 0.4) is 0 Å². The van der Waals surface area contributed by atoms with Crippen LogP contribution in [0.25, 0.3) is 0 Å². The average molecular weight is 373 g/mol. The number of unbranched alkanes of at least 4 members (excludes halogenated alkanes) is 1. The molecule has 1 N–H and O–H groups in total. The minimum atomic E-state index is -4.06. The van der Waals surface area contributed by atoms with Crippen LogP contribution >= 0.6 is 0 Å². The van der Waals surface area contributed by atoms with Crippen LogP contribution in [0.1, 0.15) is 46.0 Å². The van der Waals surface area contributed by atoms with Gasteiger partial charge in [0.25, 0.3) is 10.1 Å². The molecule has 0 bridgehead atoms. The Kier molecular flexibility index (Phi) is 16.0. The summed E-state index contributed by atoms with van der Waals surface area (Å²) in [5, 5.41) is 0. The molecule has 9 heteroatoms. The third-order valence-corrected chi connectivity index (χ3v) is 3.96. The van der Waals surface area contributed by atoms with Crippen LogP contribution in [-0.2, 0) is 29.2 Å². The summed E-state index contributed by atoms with van der Waals surface area (Å²) in [7, 11) is -4.06. The zero-order valence-corrected chi connectivity index (χ0v) is 17.5. The van der Waals surface area contributed by atoms with Gasteiger partial charge in [-0.25, -0.2) is 9.59 Å². The molecular formula is C15H26NaO7S. The molecule has 0 aromatic rings. The van der Waals surface area contributed by atoms with Gasteiger partial charge in [0.15, 0.2) is 0 Å². The van der Waals surface area contributed by atoms with Gasteiger partial charge < -0.3 is 9.47 Å². The van der Waals surface area contributed by atoms with E-state index in [0.717, 1.165) is 37.8 Å². The van der Waals surface area contributed by atoms with Crippen molar-refractivity contribution in [1.82, 2.24) is 0 Å². The van der Waals surface area contributed by atoms with E-state index in [1.165, 1.54) is 0 Å². The maximum absolute atomic E-state index is 11.5. The fraction of sp³-hybridized carbons (Fsp3) is 0.733. The molecule has 1 unspecified atom stereocenters. The molecule has 1 radical (unpaired) electrons. The van der Waals surface area contributed by atoms with E-state index >= 15 is 0 Å². The molecular weight excluding hydrogens is 347 g/mol. The van der Waals surface area contributed by atoms with Crippen LogP contribution in [0, 0.1) is 5.92 Å². The molecule has 0 aliphatic rings. The van der Waals surface area contributed by atoms with Gasteiger partial charge in [0.05, 0.1) is 19.0 Å². The van der Waals surface area contributed by atoms with Crippen LogP contribution < -0.4 is 0 Å². The molecule has 0 aromatic heterocycles. The number of hydrogen-bond acceptors (Lipinski definition) is 6. The van der Waals surface area contributed by atoms with Crippen LogP contribution in [0.15, 0.2) is 12.2 Å². The average Bonchev–Trinajstić information content (AvgIpc) is 2.48.